The Labute approximate surface area is 119 Å². The lowest BCUT2D eigenvalue weighted by Crippen LogP contribution is -2.13. The number of benzene rings is 1. The third kappa shape index (κ3) is 3.23. The van der Waals surface area contributed by atoms with Gasteiger partial charge in [0.25, 0.3) is 0 Å². The molecule has 0 fully saturated rings. The molecule has 2 N–H and O–H groups in total. The Morgan fingerprint density at radius 3 is 2.45 bits per heavy atom. The van der Waals surface area contributed by atoms with Crippen molar-refractivity contribution in [2.45, 2.75) is 26.8 Å². The fraction of sp³-hybridized carbons (Fsp3) is 0.400. The molecule has 0 saturated heterocycles. The summed E-state index contributed by atoms with van der Waals surface area (Å²) in [5.74, 6) is 1.45. The molecule has 108 valence electrons. The number of anilines is 1. The van der Waals surface area contributed by atoms with E-state index in [4.69, 9.17) is 15.2 Å². The number of nitrogens with zero attached hydrogens (tertiary/aromatic N) is 2. The molecule has 1 aromatic heterocycles. The molecule has 0 radical (unpaired) electrons. The zero-order valence-corrected chi connectivity index (χ0v) is 12.2. The number of hydrogen-bond acceptors (Lipinski definition) is 4. The van der Waals surface area contributed by atoms with Crippen LogP contribution in [0.3, 0.4) is 0 Å². The maximum absolute atomic E-state index is 5.99. The summed E-state index contributed by atoms with van der Waals surface area (Å²) in [7, 11) is 0. The Hall–Kier alpha value is -2.17. The van der Waals surface area contributed by atoms with Crippen molar-refractivity contribution in [2.75, 3.05) is 18.9 Å². The monoisotopic (exact) mass is 275 g/mol. The molecule has 5 nitrogen and oxygen atoms in total. The van der Waals surface area contributed by atoms with Gasteiger partial charge in [0.05, 0.1) is 11.7 Å². The van der Waals surface area contributed by atoms with Gasteiger partial charge in [0, 0.05) is 0 Å². The van der Waals surface area contributed by atoms with Crippen molar-refractivity contribution < 1.29 is 9.47 Å². The summed E-state index contributed by atoms with van der Waals surface area (Å²) < 4.78 is 13.1. The highest BCUT2D eigenvalue weighted by molar-refractivity contribution is 5.52. The fourth-order valence-corrected chi connectivity index (χ4v) is 1.85. The third-order valence-electron chi connectivity index (χ3n) is 2.91. The average Bonchev–Trinajstić information content (AvgIpc) is 2.73. The smallest absolute Gasteiger partial charge is 0.236 e. The Morgan fingerprint density at radius 2 is 1.80 bits per heavy atom. The van der Waals surface area contributed by atoms with E-state index in [2.05, 4.69) is 5.10 Å². The highest BCUT2D eigenvalue weighted by Crippen LogP contribution is 2.27. The molecule has 5 heteroatoms. The first-order valence-electron chi connectivity index (χ1n) is 6.75. The number of rotatable bonds is 6. The predicted octanol–water partition coefficient (Wildman–Crippen LogP) is 2.81. The van der Waals surface area contributed by atoms with Gasteiger partial charge in [0.2, 0.25) is 5.88 Å². The molecule has 1 heterocycles. The molecule has 0 aliphatic heterocycles. The molecule has 0 atom stereocenters. The molecular weight excluding hydrogens is 254 g/mol. The van der Waals surface area contributed by atoms with E-state index >= 15 is 0 Å². The average molecular weight is 275 g/mol. The Morgan fingerprint density at radius 1 is 1.15 bits per heavy atom. The predicted molar refractivity (Wildman–Crippen MR) is 79.2 cm³/mol. The number of ether oxygens (including phenoxy) is 2. The summed E-state index contributed by atoms with van der Waals surface area (Å²) in [6.07, 6.45) is 0. The van der Waals surface area contributed by atoms with Crippen LogP contribution in [0.1, 0.15) is 25.6 Å². The van der Waals surface area contributed by atoms with Crippen molar-refractivity contribution >= 4 is 5.69 Å². The van der Waals surface area contributed by atoms with E-state index in [-0.39, 0.29) is 6.04 Å². The van der Waals surface area contributed by atoms with E-state index in [1.807, 2.05) is 51.1 Å². The Bertz CT molecular complexity index is 550. The molecule has 0 unspecified atom stereocenters. The minimum Gasteiger partial charge on any atom is -0.490 e. The lowest BCUT2D eigenvalue weighted by Gasteiger charge is -2.13. The van der Waals surface area contributed by atoms with Crippen LogP contribution >= 0.6 is 0 Å². The topological polar surface area (TPSA) is 62.3 Å². The quantitative estimate of drug-likeness (QED) is 0.823. The number of nitrogen functional groups attached to an aromatic ring is 1. The summed E-state index contributed by atoms with van der Waals surface area (Å²) in [6.45, 7) is 6.85. The van der Waals surface area contributed by atoms with Crippen LogP contribution < -0.4 is 15.2 Å². The van der Waals surface area contributed by atoms with Crippen molar-refractivity contribution in [3.8, 4) is 11.6 Å². The van der Waals surface area contributed by atoms with E-state index in [9.17, 15) is 0 Å². The van der Waals surface area contributed by atoms with Gasteiger partial charge in [0.1, 0.15) is 24.7 Å². The van der Waals surface area contributed by atoms with Crippen LogP contribution in [0.15, 0.2) is 30.3 Å². The molecule has 0 spiro atoms. The normalized spacial score (nSPS) is 10.8. The van der Waals surface area contributed by atoms with E-state index < -0.39 is 0 Å². The third-order valence-corrected chi connectivity index (χ3v) is 2.91. The summed E-state index contributed by atoms with van der Waals surface area (Å²) in [4.78, 5) is 0. The van der Waals surface area contributed by atoms with Gasteiger partial charge in [-0.05, 0) is 32.9 Å². The summed E-state index contributed by atoms with van der Waals surface area (Å²) in [5.41, 5.74) is 7.37. The molecule has 0 amide bonds. The molecule has 0 saturated carbocycles. The van der Waals surface area contributed by atoms with E-state index in [0.717, 1.165) is 11.4 Å². The number of hydrogen-bond donors (Lipinski definition) is 1. The number of para-hydroxylation sites is 1. The highest BCUT2D eigenvalue weighted by atomic mass is 16.5. The Balaban J connectivity index is 1.91. The Kier molecular flexibility index (Phi) is 4.50. The summed E-state index contributed by atoms with van der Waals surface area (Å²) in [6, 6.07) is 9.86. The first kappa shape index (κ1) is 14.2. The van der Waals surface area contributed by atoms with Crippen LogP contribution in [0.2, 0.25) is 0 Å². The van der Waals surface area contributed by atoms with Gasteiger partial charge in [-0.2, -0.15) is 5.10 Å². The van der Waals surface area contributed by atoms with Crippen molar-refractivity contribution in [3.63, 3.8) is 0 Å². The molecule has 0 bridgehead atoms. The molecular formula is C15H21N3O2. The zero-order valence-electron chi connectivity index (χ0n) is 12.2. The highest BCUT2D eigenvalue weighted by Gasteiger charge is 2.15. The molecule has 20 heavy (non-hydrogen) atoms. The largest absolute Gasteiger partial charge is 0.490 e. The van der Waals surface area contributed by atoms with Crippen LogP contribution in [0.25, 0.3) is 0 Å². The zero-order chi connectivity index (χ0) is 14.5. The first-order chi connectivity index (χ1) is 9.59. The van der Waals surface area contributed by atoms with Gasteiger partial charge in [-0.3, -0.25) is 0 Å². The lowest BCUT2D eigenvalue weighted by molar-refractivity contribution is 0.202. The number of aromatic nitrogens is 2. The van der Waals surface area contributed by atoms with Gasteiger partial charge in [-0.1, -0.05) is 18.2 Å². The molecule has 0 aliphatic rings. The molecule has 0 aliphatic carbocycles. The number of aryl methyl sites for hydroxylation is 1. The van der Waals surface area contributed by atoms with Gasteiger partial charge in [-0.15, -0.1) is 0 Å². The minimum atomic E-state index is 0.205. The maximum Gasteiger partial charge on any atom is 0.236 e. The fourth-order valence-electron chi connectivity index (χ4n) is 1.85. The van der Waals surface area contributed by atoms with E-state index in [1.54, 1.807) is 4.68 Å². The van der Waals surface area contributed by atoms with Crippen LogP contribution in [-0.2, 0) is 0 Å². The molecule has 2 aromatic rings. The van der Waals surface area contributed by atoms with E-state index in [0.29, 0.717) is 24.8 Å². The summed E-state index contributed by atoms with van der Waals surface area (Å²) >= 11 is 0. The van der Waals surface area contributed by atoms with E-state index in [1.165, 1.54) is 0 Å². The minimum absolute atomic E-state index is 0.205. The van der Waals surface area contributed by atoms with Crippen LogP contribution in [0.5, 0.6) is 11.6 Å². The second kappa shape index (κ2) is 6.32. The van der Waals surface area contributed by atoms with Crippen molar-refractivity contribution in [3.05, 3.63) is 36.0 Å². The maximum atomic E-state index is 5.99. The molecule has 2 rings (SSSR count). The second-order valence-corrected chi connectivity index (χ2v) is 4.85. The van der Waals surface area contributed by atoms with Gasteiger partial charge < -0.3 is 15.2 Å². The van der Waals surface area contributed by atoms with Crippen LogP contribution in [0, 0.1) is 6.92 Å². The van der Waals surface area contributed by atoms with Crippen molar-refractivity contribution in [1.29, 1.82) is 0 Å². The van der Waals surface area contributed by atoms with Crippen molar-refractivity contribution in [2.24, 2.45) is 0 Å². The van der Waals surface area contributed by atoms with Crippen LogP contribution in [-0.4, -0.2) is 23.0 Å². The van der Waals surface area contributed by atoms with Gasteiger partial charge in [-0.25, -0.2) is 4.68 Å². The first-order valence-corrected chi connectivity index (χ1v) is 6.75. The van der Waals surface area contributed by atoms with Gasteiger partial charge >= 0.3 is 0 Å². The second-order valence-electron chi connectivity index (χ2n) is 4.85. The molecule has 1 aromatic carbocycles. The van der Waals surface area contributed by atoms with Crippen LogP contribution in [0.4, 0.5) is 5.69 Å². The lowest BCUT2D eigenvalue weighted by atomic mass is 10.3. The SMILES string of the molecule is Cc1nn(C(C)C)c(OCCOc2ccccc2)c1N. The van der Waals surface area contributed by atoms with Gasteiger partial charge in [0.15, 0.2) is 0 Å². The number of nitrogens with two attached hydrogens (primary N) is 1. The summed E-state index contributed by atoms with van der Waals surface area (Å²) in [5, 5.41) is 4.37. The van der Waals surface area contributed by atoms with Crippen molar-refractivity contribution in [1.82, 2.24) is 9.78 Å². The standard InChI is InChI=1S/C15H21N3O2/c1-11(2)18-15(14(16)12(3)17-18)20-10-9-19-13-7-5-4-6-8-13/h4-8,11H,9-10,16H2,1-3H3.